The van der Waals surface area contributed by atoms with E-state index in [0.717, 1.165) is 29.8 Å². The third kappa shape index (κ3) is 4.50. The first-order valence-corrected chi connectivity index (χ1v) is 9.80. The van der Waals surface area contributed by atoms with E-state index in [2.05, 4.69) is 9.97 Å². The van der Waals surface area contributed by atoms with E-state index in [0.29, 0.717) is 25.0 Å². The predicted octanol–water partition coefficient (Wildman–Crippen LogP) is 4.20. The van der Waals surface area contributed by atoms with E-state index in [-0.39, 0.29) is 18.2 Å². The van der Waals surface area contributed by atoms with Crippen LogP contribution in [0.5, 0.6) is 0 Å². The third-order valence-corrected chi connectivity index (χ3v) is 5.23. The van der Waals surface area contributed by atoms with E-state index in [9.17, 15) is 23.1 Å². The van der Waals surface area contributed by atoms with Crippen LogP contribution in [-0.2, 0) is 11.2 Å². The molecule has 160 valence electrons. The molecule has 31 heavy (non-hydrogen) atoms. The molecule has 0 radical (unpaired) electrons. The van der Waals surface area contributed by atoms with Crippen LogP contribution < -0.4 is 0 Å². The van der Waals surface area contributed by atoms with Crippen LogP contribution in [0.25, 0.3) is 11.3 Å². The molecule has 1 aromatic carbocycles. The van der Waals surface area contributed by atoms with E-state index in [1.807, 2.05) is 0 Å². The van der Waals surface area contributed by atoms with Crippen molar-refractivity contribution in [3.63, 3.8) is 0 Å². The maximum atomic E-state index is 14.3. The van der Waals surface area contributed by atoms with Crippen molar-refractivity contribution in [3.05, 3.63) is 83.1 Å². The van der Waals surface area contributed by atoms with Crippen LogP contribution in [0, 0.1) is 17.5 Å². The number of hydrogen-bond acceptors (Lipinski definition) is 5. The van der Waals surface area contributed by atoms with Crippen molar-refractivity contribution in [1.29, 1.82) is 0 Å². The molecule has 3 aromatic rings. The highest BCUT2D eigenvalue weighted by Crippen LogP contribution is 2.31. The molecule has 1 N–H and O–H groups in total. The van der Waals surface area contributed by atoms with Gasteiger partial charge in [-0.1, -0.05) is 6.07 Å². The molecule has 1 fully saturated rings. The molecular weight excluding hydrogens is 409 g/mol. The number of rotatable bonds is 5. The fourth-order valence-corrected chi connectivity index (χ4v) is 3.66. The summed E-state index contributed by atoms with van der Waals surface area (Å²) >= 11 is 0. The maximum Gasteiger partial charge on any atom is 0.185 e. The summed E-state index contributed by atoms with van der Waals surface area (Å²) in [6.07, 6.45) is 3.06. The van der Waals surface area contributed by atoms with E-state index < -0.39 is 40.6 Å². The minimum Gasteiger partial charge on any atom is -0.393 e. The SMILES string of the molecule is O=C(Cc1cnccc1[C@@H]1C[C@H](O)CCO1)c1ccc(F)c(-c2c(F)cccc2F)n1. The molecule has 0 spiro atoms. The summed E-state index contributed by atoms with van der Waals surface area (Å²) in [4.78, 5) is 20.9. The Balaban J connectivity index is 1.64. The average Bonchev–Trinajstić information content (AvgIpc) is 2.75. The van der Waals surface area contributed by atoms with Crippen molar-refractivity contribution >= 4 is 5.78 Å². The Kier molecular flexibility index (Phi) is 6.11. The predicted molar refractivity (Wildman–Crippen MR) is 106 cm³/mol. The maximum absolute atomic E-state index is 14.3. The number of carbonyl (C=O) groups is 1. The van der Waals surface area contributed by atoms with Crippen molar-refractivity contribution in [2.45, 2.75) is 31.5 Å². The normalized spacial score (nSPS) is 18.7. The van der Waals surface area contributed by atoms with Gasteiger partial charge in [-0.25, -0.2) is 18.2 Å². The monoisotopic (exact) mass is 428 g/mol. The Hall–Kier alpha value is -3.10. The zero-order valence-electron chi connectivity index (χ0n) is 16.4. The van der Waals surface area contributed by atoms with Crippen LogP contribution in [0.3, 0.4) is 0 Å². The van der Waals surface area contributed by atoms with Crippen molar-refractivity contribution in [3.8, 4) is 11.3 Å². The molecule has 2 atom stereocenters. The minimum absolute atomic E-state index is 0.114. The van der Waals surface area contributed by atoms with Crippen LogP contribution in [0.1, 0.15) is 40.6 Å². The van der Waals surface area contributed by atoms with Crippen molar-refractivity contribution in [2.75, 3.05) is 6.61 Å². The number of halogens is 3. The van der Waals surface area contributed by atoms with E-state index in [1.54, 1.807) is 12.3 Å². The Bertz CT molecular complexity index is 1100. The molecule has 4 rings (SSSR count). The molecule has 2 aromatic heterocycles. The van der Waals surface area contributed by atoms with Gasteiger partial charge in [0.1, 0.15) is 28.8 Å². The molecular formula is C23H19F3N2O3. The average molecular weight is 428 g/mol. The molecule has 5 nitrogen and oxygen atoms in total. The van der Waals surface area contributed by atoms with Gasteiger partial charge < -0.3 is 9.84 Å². The standard InChI is InChI=1S/C23H19F3N2O3/c24-16-2-1-3-17(25)22(16)23-18(26)4-5-19(28-23)20(30)10-13-12-27-8-6-15(13)21-11-14(29)7-9-31-21/h1-6,8,12,14,21,29H,7,9-11H2/t14-,21+/m1/s1. The van der Waals surface area contributed by atoms with Crippen molar-refractivity contribution in [2.24, 2.45) is 0 Å². The number of nitrogens with zero attached hydrogens (tertiary/aromatic N) is 2. The first-order valence-electron chi connectivity index (χ1n) is 9.80. The van der Waals surface area contributed by atoms with Crippen LogP contribution >= 0.6 is 0 Å². The van der Waals surface area contributed by atoms with Gasteiger partial charge in [-0.15, -0.1) is 0 Å². The first kappa shape index (κ1) is 21.1. The highest BCUT2D eigenvalue weighted by molar-refractivity contribution is 5.96. The number of hydrogen-bond donors (Lipinski definition) is 1. The number of Topliss-reactive ketones (excluding diaryl/α,β-unsaturated/α-hetero) is 1. The van der Waals surface area contributed by atoms with Gasteiger partial charge in [0.05, 0.1) is 17.8 Å². The van der Waals surface area contributed by atoms with Gasteiger partial charge in [-0.2, -0.15) is 0 Å². The molecule has 0 aliphatic carbocycles. The quantitative estimate of drug-likeness (QED) is 0.617. The molecule has 0 unspecified atom stereocenters. The zero-order chi connectivity index (χ0) is 22.0. The van der Waals surface area contributed by atoms with Crippen LogP contribution in [-0.4, -0.2) is 33.6 Å². The lowest BCUT2D eigenvalue weighted by Gasteiger charge is -2.28. The lowest BCUT2D eigenvalue weighted by molar-refractivity contribution is -0.0451. The van der Waals surface area contributed by atoms with Gasteiger partial charge in [0, 0.05) is 31.8 Å². The number of aromatic nitrogens is 2. The van der Waals surface area contributed by atoms with E-state index in [4.69, 9.17) is 4.74 Å². The number of aliphatic hydroxyl groups is 1. The summed E-state index contributed by atoms with van der Waals surface area (Å²) in [7, 11) is 0. The molecule has 1 aliphatic rings. The second kappa shape index (κ2) is 8.95. The summed E-state index contributed by atoms with van der Waals surface area (Å²) < 4.78 is 48.2. The van der Waals surface area contributed by atoms with E-state index in [1.165, 1.54) is 12.3 Å². The van der Waals surface area contributed by atoms with Crippen LogP contribution in [0.4, 0.5) is 13.2 Å². The summed E-state index contributed by atoms with van der Waals surface area (Å²) in [5.41, 5.74) is -0.00714. The van der Waals surface area contributed by atoms with Gasteiger partial charge in [-0.05, 0) is 47.9 Å². The Morgan fingerprint density at radius 3 is 2.61 bits per heavy atom. The van der Waals surface area contributed by atoms with Gasteiger partial charge in [0.15, 0.2) is 5.78 Å². The molecule has 0 saturated carbocycles. The third-order valence-electron chi connectivity index (χ3n) is 5.23. The summed E-state index contributed by atoms with van der Waals surface area (Å²) in [5, 5.41) is 9.93. The first-order chi connectivity index (χ1) is 14.9. The minimum atomic E-state index is -0.974. The highest BCUT2D eigenvalue weighted by atomic mass is 19.1. The molecule has 0 amide bonds. The van der Waals surface area contributed by atoms with E-state index >= 15 is 0 Å². The van der Waals surface area contributed by atoms with Gasteiger partial charge in [0.25, 0.3) is 0 Å². The lowest BCUT2D eigenvalue weighted by Crippen LogP contribution is -2.24. The fraction of sp³-hybridized carbons (Fsp3) is 0.261. The van der Waals surface area contributed by atoms with Gasteiger partial charge >= 0.3 is 0 Å². The highest BCUT2D eigenvalue weighted by Gasteiger charge is 2.26. The van der Waals surface area contributed by atoms with Gasteiger partial charge in [-0.3, -0.25) is 9.78 Å². The van der Waals surface area contributed by atoms with Crippen molar-refractivity contribution < 1.29 is 27.8 Å². The Morgan fingerprint density at radius 1 is 1.10 bits per heavy atom. The number of ketones is 1. The second-order valence-electron chi connectivity index (χ2n) is 7.34. The Morgan fingerprint density at radius 2 is 1.87 bits per heavy atom. The summed E-state index contributed by atoms with van der Waals surface area (Å²) in [5.74, 6) is -3.35. The number of pyridine rings is 2. The molecule has 1 saturated heterocycles. The smallest absolute Gasteiger partial charge is 0.185 e. The fourth-order valence-electron chi connectivity index (χ4n) is 3.66. The van der Waals surface area contributed by atoms with Gasteiger partial charge in [0.2, 0.25) is 0 Å². The number of carbonyl (C=O) groups excluding carboxylic acids is 1. The second-order valence-corrected chi connectivity index (χ2v) is 7.34. The van der Waals surface area contributed by atoms with Crippen LogP contribution in [0.2, 0.25) is 0 Å². The topological polar surface area (TPSA) is 72.3 Å². The lowest BCUT2D eigenvalue weighted by atomic mass is 9.94. The molecule has 3 heterocycles. The molecule has 1 aliphatic heterocycles. The summed E-state index contributed by atoms with van der Waals surface area (Å²) in [6.45, 7) is 0.401. The zero-order valence-corrected chi connectivity index (χ0v) is 16.4. The number of aliphatic hydroxyl groups excluding tert-OH is 1. The summed E-state index contributed by atoms with van der Waals surface area (Å²) in [6, 6.07) is 7.02. The Labute approximate surface area is 176 Å². The number of benzene rings is 1. The molecule has 0 bridgehead atoms. The van der Waals surface area contributed by atoms with Crippen LogP contribution in [0.15, 0.2) is 48.8 Å². The number of ether oxygens (including phenoxy) is 1. The van der Waals surface area contributed by atoms with Crippen molar-refractivity contribution in [1.82, 2.24) is 9.97 Å². The largest absolute Gasteiger partial charge is 0.393 e. The molecule has 8 heteroatoms.